The van der Waals surface area contributed by atoms with Crippen molar-refractivity contribution in [1.29, 1.82) is 0 Å². The number of fused-ring (bicyclic) bond motifs is 1. The lowest BCUT2D eigenvalue weighted by atomic mass is 10.2. The fraction of sp³-hybridized carbons (Fsp3) is 0.333. The van der Waals surface area contributed by atoms with E-state index in [1.165, 1.54) is 11.3 Å². The molecular formula is C15H19N5S. The molecule has 0 bridgehead atoms. The second kappa shape index (κ2) is 6.24. The monoisotopic (exact) mass is 301 g/mol. The molecule has 5 nitrogen and oxygen atoms in total. The number of aromatic nitrogens is 3. The molecule has 0 aromatic carbocycles. The Kier molecular flexibility index (Phi) is 4.17. The highest BCUT2D eigenvalue weighted by atomic mass is 32.1. The molecule has 0 aliphatic carbocycles. The highest BCUT2D eigenvalue weighted by molar-refractivity contribution is 7.15. The van der Waals surface area contributed by atoms with Crippen molar-refractivity contribution in [2.45, 2.75) is 12.8 Å². The molecule has 0 aliphatic heterocycles. The van der Waals surface area contributed by atoms with Crippen LogP contribution in [0.2, 0.25) is 0 Å². The van der Waals surface area contributed by atoms with E-state index in [2.05, 4.69) is 45.0 Å². The van der Waals surface area contributed by atoms with Gasteiger partial charge in [0.1, 0.15) is 0 Å². The molecule has 0 saturated carbocycles. The molecule has 0 radical (unpaired) electrons. The van der Waals surface area contributed by atoms with E-state index in [0.717, 1.165) is 30.2 Å². The highest BCUT2D eigenvalue weighted by Crippen LogP contribution is 2.24. The van der Waals surface area contributed by atoms with Gasteiger partial charge in [0.2, 0.25) is 0 Å². The standard InChI is InChI=1S/C15H19N5S/c1-19(9-5-12-3-7-17-8-4-12)14-13(2-6-16)20-10-11-21-15(20)18-14/h3-4,7-8,10-11H,2,5-6,9,16H2,1H3. The Morgan fingerprint density at radius 1 is 1.29 bits per heavy atom. The third-order valence-electron chi connectivity index (χ3n) is 3.57. The maximum atomic E-state index is 5.75. The number of thiazole rings is 1. The Bertz CT molecular complexity index is 703. The molecular weight excluding hydrogens is 282 g/mol. The van der Waals surface area contributed by atoms with E-state index in [1.54, 1.807) is 11.3 Å². The topological polar surface area (TPSA) is 59.5 Å². The molecule has 0 spiro atoms. The molecule has 2 N–H and O–H groups in total. The largest absolute Gasteiger partial charge is 0.358 e. The second-order valence-corrected chi connectivity index (χ2v) is 5.88. The summed E-state index contributed by atoms with van der Waals surface area (Å²) in [6, 6.07) is 4.11. The van der Waals surface area contributed by atoms with E-state index in [1.807, 2.05) is 12.4 Å². The first kappa shape index (κ1) is 14.0. The number of anilines is 1. The minimum absolute atomic E-state index is 0.634. The molecule has 3 rings (SSSR count). The fourth-order valence-corrected chi connectivity index (χ4v) is 3.18. The number of pyridine rings is 1. The first-order valence-electron chi connectivity index (χ1n) is 7.04. The van der Waals surface area contributed by atoms with Crippen LogP contribution in [0.3, 0.4) is 0 Å². The summed E-state index contributed by atoms with van der Waals surface area (Å²) in [6.45, 7) is 1.56. The van der Waals surface area contributed by atoms with Gasteiger partial charge >= 0.3 is 0 Å². The minimum Gasteiger partial charge on any atom is -0.358 e. The number of nitrogens with two attached hydrogens (primary N) is 1. The lowest BCUT2D eigenvalue weighted by molar-refractivity contribution is 0.837. The number of imidazole rings is 1. The number of hydrogen-bond donors (Lipinski definition) is 1. The summed E-state index contributed by atoms with van der Waals surface area (Å²) in [5, 5.41) is 2.06. The van der Waals surface area contributed by atoms with Crippen LogP contribution in [-0.4, -0.2) is 34.5 Å². The van der Waals surface area contributed by atoms with Crippen LogP contribution in [-0.2, 0) is 12.8 Å². The zero-order valence-corrected chi connectivity index (χ0v) is 12.9. The predicted molar refractivity (Wildman–Crippen MR) is 87.0 cm³/mol. The fourth-order valence-electron chi connectivity index (χ4n) is 2.45. The van der Waals surface area contributed by atoms with Crippen molar-refractivity contribution >= 4 is 22.1 Å². The molecule has 3 aromatic heterocycles. The van der Waals surface area contributed by atoms with Crippen molar-refractivity contribution in [1.82, 2.24) is 14.4 Å². The van der Waals surface area contributed by atoms with Crippen molar-refractivity contribution in [2.75, 3.05) is 25.0 Å². The van der Waals surface area contributed by atoms with Gasteiger partial charge in [-0.05, 0) is 30.7 Å². The number of likely N-dealkylation sites (N-methyl/N-ethyl adjacent to an activating group) is 1. The predicted octanol–water partition coefficient (Wildman–Crippen LogP) is 1.97. The summed E-state index contributed by atoms with van der Waals surface area (Å²) in [7, 11) is 2.09. The Hall–Kier alpha value is -1.92. The lowest BCUT2D eigenvalue weighted by Gasteiger charge is -2.18. The Labute approximate surface area is 128 Å². The van der Waals surface area contributed by atoms with Gasteiger partial charge in [-0.2, -0.15) is 0 Å². The number of nitrogens with zero attached hydrogens (tertiary/aromatic N) is 4. The van der Waals surface area contributed by atoms with Crippen molar-refractivity contribution in [3.8, 4) is 0 Å². The minimum atomic E-state index is 0.634. The molecule has 0 fully saturated rings. The van der Waals surface area contributed by atoms with E-state index < -0.39 is 0 Å². The summed E-state index contributed by atoms with van der Waals surface area (Å²) < 4.78 is 2.15. The van der Waals surface area contributed by atoms with Crippen LogP contribution >= 0.6 is 11.3 Å². The molecule has 0 amide bonds. The molecule has 21 heavy (non-hydrogen) atoms. The van der Waals surface area contributed by atoms with Gasteiger partial charge in [-0.1, -0.05) is 0 Å². The first-order valence-corrected chi connectivity index (χ1v) is 7.92. The normalized spacial score (nSPS) is 11.1. The average Bonchev–Trinajstić information content (AvgIpc) is 3.09. The van der Waals surface area contributed by atoms with E-state index in [4.69, 9.17) is 10.7 Å². The zero-order chi connectivity index (χ0) is 14.7. The summed E-state index contributed by atoms with van der Waals surface area (Å²) in [5.74, 6) is 1.04. The van der Waals surface area contributed by atoms with Crippen molar-refractivity contribution in [3.05, 3.63) is 47.4 Å². The van der Waals surface area contributed by atoms with Crippen LogP contribution in [0.1, 0.15) is 11.3 Å². The van der Waals surface area contributed by atoms with Crippen LogP contribution < -0.4 is 10.6 Å². The molecule has 110 valence electrons. The van der Waals surface area contributed by atoms with Crippen LogP contribution in [0.15, 0.2) is 36.1 Å². The quantitative estimate of drug-likeness (QED) is 0.756. The molecule has 6 heteroatoms. The SMILES string of the molecule is CN(CCc1ccncc1)c1nc2sccn2c1CCN. The second-order valence-electron chi connectivity index (χ2n) is 5.00. The van der Waals surface area contributed by atoms with Gasteiger partial charge in [0.25, 0.3) is 0 Å². The Morgan fingerprint density at radius 2 is 2.10 bits per heavy atom. The molecule has 0 unspecified atom stereocenters. The van der Waals surface area contributed by atoms with Crippen molar-refractivity contribution in [3.63, 3.8) is 0 Å². The summed E-state index contributed by atoms with van der Waals surface area (Å²) in [4.78, 5) is 12.0. The molecule has 0 aliphatic rings. The van der Waals surface area contributed by atoms with E-state index in [9.17, 15) is 0 Å². The highest BCUT2D eigenvalue weighted by Gasteiger charge is 2.15. The van der Waals surface area contributed by atoms with E-state index >= 15 is 0 Å². The van der Waals surface area contributed by atoms with E-state index in [-0.39, 0.29) is 0 Å². The van der Waals surface area contributed by atoms with Gasteiger partial charge in [-0.25, -0.2) is 4.98 Å². The van der Waals surface area contributed by atoms with Gasteiger partial charge in [-0.3, -0.25) is 9.38 Å². The number of hydrogen-bond acceptors (Lipinski definition) is 5. The third-order valence-corrected chi connectivity index (χ3v) is 4.32. The van der Waals surface area contributed by atoms with Crippen molar-refractivity contribution in [2.24, 2.45) is 5.73 Å². The van der Waals surface area contributed by atoms with Crippen LogP contribution in [0, 0.1) is 0 Å². The van der Waals surface area contributed by atoms with Gasteiger partial charge in [0.15, 0.2) is 10.8 Å². The van der Waals surface area contributed by atoms with Crippen LogP contribution in [0.25, 0.3) is 4.96 Å². The zero-order valence-electron chi connectivity index (χ0n) is 12.1. The maximum absolute atomic E-state index is 5.75. The van der Waals surface area contributed by atoms with Gasteiger partial charge in [-0.15, -0.1) is 11.3 Å². The number of rotatable bonds is 6. The van der Waals surface area contributed by atoms with Gasteiger partial charge < -0.3 is 10.6 Å². The smallest absolute Gasteiger partial charge is 0.195 e. The first-order chi connectivity index (χ1) is 10.3. The Balaban J connectivity index is 1.78. The molecule has 0 saturated heterocycles. The molecule has 3 aromatic rings. The summed E-state index contributed by atoms with van der Waals surface area (Å²) in [6.07, 6.45) is 7.56. The average molecular weight is 301 g/mol. The van der Waals surface area contributed by atoms with Gasteiger partial charge in [0.05, 0.1) is 5.69 Å². The lowest BCUT2D eigenvalue weighted by Crippen LogP contribution is -2.22. The maximum Gasteiger partial charge on any atom is 0.195 e. The molecule has 0 atom stereocenters. The van der Waals surface area contributed by atoms with Crippen molar-refractivity contribution < 1.29 is 0 Å². The van der Waals surface area contributed by atoms with Crippen LogP contribution in [0.4, 0.5) is 5.82 Å². The van der Waals surface area contributed by atoms with E-state index in [0.29, 0.717) is 6.54 Å². The van der Waals surface area contributed by atoms with Crippen LogP contribution in [0.5, 0.6) is 0 Å². The molecule has 3 heterocycles. The van der Waals surface area contributed by atoms with Gasteiger partial charge in [0, 0.05) is 44.0 Å². The summed E-state index contributed by atoms with van der Waals surface area (Å²) >= 11 is 1.66. The summed E-state index contributed by atoms with van der Waals surface area (Å²) in [5.41, 5.74) is 8.24. The third kappa shape index (κ3) is 2.91. The Morgan fingerprint density at radius 3 is 2.86 bits per heavy atom.